The van der Waals surface area contributed by atoms with Crippen molar-refractivity contribution in [1.29, 1.82) is 0 Å². The highest BCUT2D eigenvalue weighted by atomic mass is 16.4. The molecule has 1 aromatic carbocycles. The van der Waals surface area contributed by atoms with Crippen molar-refractivity contribution < 1.29 is 15.0 Å². The van der Waals surface area contributed by atoms with Crippen LogP contribution in [0.4, 0.5) is 0 Å². The Labute approximate surface area is 98.2 Å². The molecule has 0 spiro atoms. The van der Waals surface area contributed by atoms with Gasteiger partial charge in [0.05, 0.1) is 17.9 Å². The van der Waals surface area contributed by atoms with E-state index in [1.165, 1.54) is 6.07 Å². The van der Waals surface area contributed by atoms with Crippen molar-refractivity contribution in [2.24, 2.45) is 0 Å². The van der Waals surface area contributed by atoms with Crippen molar-refractivity contribution in [2.45, 2.75) is 6.61 Å². The Kier molecular flexibility index (Phi) is 3.16. The zero-order valence-electron chi connectivity index (χ0n) is 9.00. The molecule has 2 N–H and O–H groups in total. The molecule has 0 aliphatic rings. The summed E-state index contributed by atoms with van der Waals surface area (Å²) in [6, 6.07) is 10.1. The molecule has 1 aromatic heterocycles. The first-order valence-electron chi connectivity index (χ1n) is 5.11. The molecular weight excluding hydrogens is 218 g/mol. The molecule has 2 rings (SSSR count). The van der Waals surface area contributed by atoms with E-state index in [-0.39, 0.29) is 12.2 Å². The van der Waals surface area contributed by atoms with Crippen LogP contribution in [0.15, 0.2) is 42.6 Å². The third-order valence-electron chi connectivity index (χ3n) is 2.45. The Morgan fingerprint density at radius 2 is 1.88 bits per heavy atom. The number of aromatic nitrogens is 1. The number of hydrogen-bond donors (Lipinski definition) is 2. The van der Waals surface area contributed by atoms with Crippen molar-refractivity contribution in [3.8, 4) is 11.3 Å². The van der Waals surface area contributed by atoms with Gasteiger partial charge in [-0.3, -0.25) is 4.98 Å². The molecule has 0 radical (unpaired) electrons. The number of carbonyl (C=O) groups is 1. The predicted molar refractivity (Wildman–Crippen MR) is 62.6 cm³/mol. The molecule has 2 aromatic rings. The van der Waals surface area contributed by atoms with E-state index in [9.17, 15) is 4.79 Å². The lowest BCUT2D eigenvalue weighted by Crippen LogP contribution is -2.01. The summed E-state index contributed by atoms with van der Waals surface area (Å²) in [5.41, 5.74) is 2.11. The fourth-order valence-corrected chi connectivity index (χ4v) is 1.58. The maximum atomic E-state index is 11.0. The highest BCUT2D eigenvalue weighted by Gasteiger charge is 2.11. The fourth-order valence-electron chi connectivity index (χ4n) is 1.58. The van der Waals surface area contributed by atoms with Crippen LogP contribution in [-0.2, 0) is 6.61 Å². The standard InChI is InChI=1S/C13H11NO3/c15-8-9-3-5-10(6-4-9)12-11(13(16)17)2-1-7-14-12/h1-7,15H,8H2,(H,16,17). The summed E-state index contributed by atoms with van der Waals surface area (Å²) in [5, 5.41) is 18.0. The second-order valence-corrected chi connectivity index (χ2v) is 3.56. The lowest BCUT2D eigenvalue weighted by atomic mass is 10.0. The third kappa shape index (κ3) is 2.32. The number of benzene rings is 1. The summed E-state index contributed by atoms with van der Waals surface area (Å²) < 4.78 is 0. The number of rotatable bonds is 3. The number of aliphatic hydroxyl groups is 1. The minimum atomic E-state index is -1.00. The van der Waals surface area contributed by atoms with E-state index < -0.39 is 5.97 Å². The largest absolute Gasteiger partial charge is 0.478 e. The van der Waals surface area contributed by atoms with Crippen LogP contribution >= 0.6 is 0 Å². The zero-order chi connectivity index (χ0) is 12.3. The first kappa shape index (κ1) is 11.3. The van der Waals surface area contributed by atoms with Crippen LogP contribution in [-0.4, -0.2) is 21.2 Å². The molecule has 17 heavy (non-hydrogen) atoms. The van der Waals surface area contributed by atoms with Gasteiger partial charge in [-0.1, -0.05) is 24.3 Å². The van der Waals surface area contributed by atoms with Crippen molar-refractivity contribution in [3.63, 3.8) is 0 Å². The van der Waals surface area contributed by atoms with E-state index in [0.29, 0.717) is 5.69 Å². The Bertz CT molecular complexity index is 535. The lowest BCUT2D eigenvalue weighted by molar-refractivity contribution is 0.0697. The lowest BCUT2D eigenvalue weighted by Gasteiger charge is -2.05. The van der Waals surface area contributed by atoms with Crippen LogP contribution in [0, 0.1) is 0 Å². The normalized spacial score (nSPS) is 10.2. The van der Waals surface area contributed by atoms with Gasteiger partial charge in [-0.25, -0.2) is 4.79 Å². The Morgan fingerprint density at radius 3 is 2.47 bits per heavy atom. The van der Waals surface area contributed by atoms with Gasteiger partial charge in [-0.15, -0.1) is 0 Å². The van der Waals surface area contributed by atoms with Gasteiger partial charge in [-0.05, 0) is 17.7 Å². The van der Waals surface area contributed by atoms with Gasteiger partial charge in [0.1, 0.15) is 0 Å². The number of aliphatic hydroxyl groups excluding tert-OH is 1. The molecule has 0 saturated heterocycles. The van der Waals surface area contributed by atoms with Gasteiger partial charge in [0.2, 0.25) is 0 Å². The number of carboxylic acids is 1. The number of pyridine rings is 1. The van der Waals surface area contributed by atoms with E-state index in [4.69, 9.17) is 10.2 Å². The van der Waals surface area contributed by atoms with Crippen LogP contribution in [0.25, 0.3) is 11.3 Å². The van der Waals surface area contributed by atoms with Crippen LogP contribution in [0.3, 0.4) is 0 Å². The highest BCUT2D eigenvalue weighted by molar-refractivity contribution is 5.94. The average molecular weight is 229 g/mol. The van der Waals surface area contributed by atoms with Gasteiger partial charge in [-0.2, -0.15) is 0 Å². The van der Waals surface area contributed by atoms with Gasteiger partial charge in [0.25, 0.3) is 0 Å². The summed E-state index contributed by atoms with van der Waals surface area (Å²) in [4.78, 5) is 15.1. The molecule has 0 unspecified atom stereocenters. The average Bonchev–Trinajstić information content (AvgIpc) is 2.39. The van der Waals surface area contributed by atoms with Crippen molar-refractivity contribution in [2.75, 3.05) is 0 Å². The fraction of sp³-hybridized carbons (Fsp3) is 0.0769. The van der Waals surface area contributed by atoms with E-state index in [0.717, 1.165) is 11.1 Å². The topological polar surface area (TPSA) is 70.4 Å². The van der Waals surface area contributed by atoms with Gasteiger partial charge in [0, 0.05) is 11.8 Å². The maximum absolute atomic E-state index is 11.0. The molecule has 4 heteroatoms. The van der Waals surface area contributed by atoms with E-state index in [1.807, 2.05) is 0 Å². The molecule has 1 heterocycles. The van der Waals surface area contributed by atoms with Gasteiger partial charge >= 0.3 is 5.97 Å². The van der Waals surface area contributed by atoms with Crippen LogP contribution in [0.5, 0.6) is 0 Å². The Hall–Kier alpha value is -2.20. The third-order valence-corrected chi connectivity index (χ3v) is 2.45. The van der Waals surface area contributed by atoms with Crippen molar-refractivity contribution in [3.05, 3.63) is 53.7 Å². The number of hydrogen-bond acceptors (Lipinski definition) is 3. The molecular formula is C13H11NO3. The molecule has 0 aliphatic heterocycles. The molecule has 4 nitrogen and oxygen atoms in total. The minimum Gasteiger partial charge on any atom is -0.478 e. The predicted octanol–water partition coefficient (Wildman–Crippen LogP) is 1.94. The summed E-state index contributed by atoms with van der Waals surface area (Å²) in [6.07, 6.45) is 1.56. The number of aromatic carboxylic acids is 1. The Morgan fingerprint density at radius 1 is 1.18 bits per heavy atom. The van der Waals surface area contributed by atoms with Gasteiger partial charge in [0.15, 0.2) is 0 Å². The smallest absolute Gasteiger partial charge is 0.337 e. The number of carboxylic acid groups (broad SMARTS) is 1. The maximum Gasteiger partial charge on any atom is 0.337 e. The summed E-state index contributed by atoms with van der Waals surface area (Å²) in [6.45, 7) is -0.0334. The van der Waals surface area contributed by atoms with Gasteiger partial charge < -0.3 is 10.2 Å². The molecule has 0 saturated carbocycles. The quantitative estimate of drug-likeness (QED) is 0.843. The monoisotopic (exact) mass is 229 g/mol. The number of nitrogens with zero attached hydrogens (tertiary/aromatic N) is 1. The minimum absolute atomic E-state index is 0.0334. The van der Waals surface area contributed by atoms with Crippen LogP contribution < -0.4 is 0 Å². The molecule has 0 aliphatic carbocycles. The van der Waals surface area contributed by atoms with Crippen LogP contribution in [0.1, 0.15) is 15.9 Å². The summed E-state index contributed by atoms with van der Waals surface area (Å²) in [7, 11) is 0. The SMILES string of the molecule is O=C(O)c1cccnc1-c1ccc(CO)cc1. The second kappa shape index (κ2) is 4.76. The molecule has 0 fully saturated rings. The molecule has 0 amide bonds. The summed E-state index contributed by atoms with van der Waals surface area (Å²) >= 11 is 0. The van der Waals surface area contributed by atoms with Crippen LogP contribution in [0.2, 0.25) is 0 Å². The molecule has 86 valence electrons. The first-order chi connectivity index (χ1) is 8.22. The molecule has 0 atom stereocenters. The van der Waals surface area contributed by atoms with Crippen molar-refractivity contribution >= 4 is 5.97 Å². The van der Waals surface area contributed by atoms with E-state index in [1.54, 1.807) is 36.5 Å². The summed E-state index contributed by atoms with van der Waals surface area (Å²) in [5.74, 6) is -1.00. The zero-order valence-corrected chi connectivity index (χ0v) is 9.00. The van der Waals surface area contributed by atoms with Crippen molar-refractivity contribution in [1.82, 2.24) is 4.98 Å². The second-order valence-electron chi connectivity index (χ2n) is 3.56. The first-order valence-corrected chi connectivity index (χ1v) is 5.11. The van der Waals surface area contributed by atoms with E-state index in [2.05, 4.69) is 4.98 Å². The highest BCUT2D eigenvalue weighted by Crippen LogP contribution is 2.21. The van der Waals surface area contributed by atoms with E-state index >= 15 is 0 Å². The molecule has 0 bridgehead atoms. The Balaban J connectivity index is 2.48.